The summed E-state index contributed by atoms with van der Waals surface area (Å²) in [6, 6.07) is 7.95. The molecule has 104 valence electrons. The maximum atomic E-state index is 12.4. The monoisotopic (exact) mass is 343 g/mol. The first-order valence-electron chi connectivity index (χ1n) is 6.74. The number of halogens is 2. The first-order chi connectivity index (χ1) is 9.06. The van der Waals surface area contributed by atoms with Crippen molar-refractivity contribution in [1.82, 2.24) is 4.90 Å². The number of amides is 1. The normalized spacial score (nSPS) is 20.6. The molecule has 1 saturated heterocycles. The fourth-order valence-corrected chi connectivity index (χ4v) is 3.35. The molecule has 0 aromatic heterocycles. The molecule has 1 aromatic carbocycles. The molecule has 0 bridgehead atoms. The third-order valence-corrected chi connectivity index (χ3v) is 4.15. The Labute approximate surface area is 128 Å². The van der Waals surface area contributed by atoms with Crippen LogP contribution in [0.15, 0.2) is 24.3 Å². The minimum absolute atomic E-state index is 0.220. The summed E-state index contributed by atoms with van der Waals surface area (Å²) in [5.41, 5.74) is 0.995. The largest absolute Gasteiger partial charge is 0.339 e. The molecular weight excluding hydrogens is 326 g/mol. The summed E-state index contributed by atoms with van der Waals surface area (Å²) >= 11 is 9.54. The smallest absolute Gasteiger partial charge is 0.227 e. The number of benzene rings is 1. The van der Waals surface area contributed by atoms with Crippen molar-refractivity contribution in [2.24, 2.45) is 0 Å². The predicted molar refractivity (Wildman–Crippen MR) is 82.9 cm³/mol. The number of nitrogens with zero attached hydrogens (tertiary/aromatic N) is 1. The highest BCUT2D eigenvalue weighted by Crippen LogP contribution is 2.24. The number of hydrogen-bond donors (Lipinski definition) is 0. The SMILES string of the molecule is CC(Br)CC1CCCN1C(=O)Cc1cccc(Cl)c1. The second kappa shape index (κ2) is 6.76. The van der Waals surface area contributed by atoms with E-state index in [1.807, 2.05) is 29.2 Å². The molecule has 0 radical (unpaired) electrons. The molecule has 1 heterocycles. The molecule has 0 N–H and O–H groups in total. The van der Waals surface area contributed by atoms with Crippen LogP contribution >= 0.6 is 27.5 Å². The molecule has 1 aromatic rings. The van der Waals surface area contributed by atoms with E-state index in [1.54, 1.807) is 0 Å². The van der Waals surface area contributed by atoms with Gasteiger partial charge in [0, 0.05) is 22.4 Å². The van der Waals surface area contributed by atoms with Gasteiger partial charge in [-0.05, 0) is 37.0 Å². The Balaban J connectivity index is 1.99. The molecule has 1 aliphatic heterocycles. The lowest BCUT2D eigenvalue weighted by Gasteiger charge is -2.25. The lowest BCUT2D eigenvalue weighted by Crippen LogP contribution is -2.37. The lowest BCUT2D eigenvalue weighted by molar-refractivity contribution is -0.131. The van der Waals surface area contributed by atoms with Crippen LogP contribution < -0.4 is 0 Å². The summed E-state index contributed by atoms with van der Waals surface area (Å²) in [6.07, 6.45) is 3.72. The van der Waals surface area contributed by atoms with Crippen molar-refractivity contribution >= 4 is 33.4 Å². The molecule has 19 heavy (non-hydrogen) atoms. The van der Waals surface area contributed by atoms with Crippen LogP contribution in [0.1, 0.15) is 31.7 Å². The van der Waals surface area contributed by atoms with E-state index in [0.29, 0.717) is 22.3 Å². The molecule has 0 saturated carbocycles. The van der Waals surface area contributed by atoms with Crippen LogP contribution in [-0.2, 0) is 11.2 Å². The summed E-state index contributed by atoms with van der Waals surface area (Å²) in [5.74, 6) is 0.220. The Morgan fingerprint density at radius 1 is 1.58 bits per heavy atom. The van der Waals surface area contributed by atoms with E-state index in [9.17, 15) is 4.79 Å². The van der Waals surface area contributed by atoms with Gasteiger partial charge in [0.15, 0.2) is 0 Å². The van der Waals surface area contributed by atoms with Gasteiger partial charge in [-0.2, -0.15) is 0 Å². The van der Waals surface area contributed by atoms with Crippen molar-refractivity contribution in [1.29, 1.82) is 0 Å². The van der Waals surface area contributed by atoms with Crippen LogP contribution in [0.25, 0.3) is 0 Å². The van der Waals surface area contributed by atoms with Crippen molar-refractivity contribution in [3.05, 3.63) is 34.9 Å². The predicted octanol–water partition coefficient (Wildman–Crippen LogP) is 4.05. The van der Waals surface area contributed by atoms with Gasteiger partial charge in [0.25, 0.3) is 0 Å². The average molecular weight is 345 g/mol. The first kappa shape index (κ1) is 14.9. The fraction of sp³-hybridized carbons (Fsp3) is 0.533. The van der Waals surface area contributed by atoms with Gasteiger partial charge in [-0.3, -0.25) is 4.79 Å². The van der Waals surface area contributed by atoms with E-state index < -0.39 is 0 Å². The maximum Gasteiger partial charge on any atom is 0.227 e. The third-order valence-electron chi connectivity index (χ3n) is 3.54. The van der Waals surface area contributed by atoms with Gasteiger partial charge < -0.3 is 4.90 Å². The summed E-state index contributed by atoms with van der Waals surface area (Å²) in [5, 5.41) is 0.692. The highest BCUT2D eigenvalue weighted by atomic mass is 79.9. The highest BCUT2D eigenvalue weighted by molar-refractivity contribution is 9.09. The zero-order chi connectivity index (χ0) is 13.8. The molecule has 1 aliphatic rings. The Morgan fingerprint density at radius 3 is 3.05 bits per heavy atom. The minimum Gasteiger partial charge on any atom is -0.339 e. The first-order valence-corrected chi connectivity index (χ1v) is 8.03. The van der Waals surface area contributed by atoms with Gasteiger partial charge in [0.1, 0.15) is 0 Å². The van der Waals surface area contributed by atoms with Crippen LogP contribution in [0.4, 0.5) is 0 Å². The zero-order valence-electron chi connectivity index (χ0n) is 11.1. The van der Waals surface area contributed by atoms with Gasteiger partial charge in [-0.1, -0.05) is 46.6 Å². The summed E-state index contributed by atoms with van der Waals surface area (Å²) in [6.45, 7) is 3.03. The Hall–Kier alpha value is -0.540. The molecule has 1 amide bonds. The van der Waals surface area contributed by atoms with Gasteiger partial charge in [0.2, 0.25) is 5.91 Å². The number of carbonyl (C=O) groups excluding carboxylic acids is 1. The van der Waals surface area contributed by atoms with Crippen LogP contribution in [0.2, 0.25) is 5.02 Å². The molecule has 2 atom stereocenters. The van der Waals surface area contributed by atoms with E-state index >= 15 is 0 Å². The quantitative estimate of drug-likeness (QED) is 0.755. The average Bonchev–Trinajstić information content (AvgIpc) is 2.76. The molecule has 0 spiro atoms. The highest BCUT2D eigenvalue weighted by Gasteiger charge is 2.29. The second-order valence-electron chi connectivity index (χ2n) is 5.21. The third kappa shape index (κ3) is 4.22. The van der Waals surface area contributed by atoms with Crippen molar-refractivity contribution in [3.63, 3.8) is 0 Å². The van der Waals surface area contributed by atoms with Crippen LogP contribution in [0.5, 0.6) is 0 Å². The van der Waals surface area contributed by atoms with Gasteiger partial charge in [-0.15, -0.1) is 0 Å². The van der Waals surface area contributed by atoms with Gasteiger partial charge in [-0.25, -0.2) is 0 Å². The zero-order valence-corrected chi connectivity index (χ0v) is 13.5. The number of hydrogen-bond acceptors (Lipinski definition) is 1. The standard InChI is InChI=1S/C15H19BrClNO/c1-11(16)8-14-6-3-7-18(14)15(19)10-12-4-2-5-13(17)9-12/h2,4-5,9,11,14H,3,6-8,10H2,1H3. The van der Waals surface area contributed by atoms with Crippen molar-refractivity contribution in [2.45, 2.75) is 43.5 Å². The summed E-state index contributed by atoms with van der Waals surface area (Å²) < 4.78 is 0. The molecule has 4 heteroatoms. The van der Waals surface area contributed by atoms with Crippen molar-refractivity contribution in [3.8, 4) is 0 Å². The number of likely N-dealkylation sites (tertiary alicyclic amines) is 1. The lowest BCUT2D eigenvalue weighted by atomic mass is 10.1. The molecular formula is C15H19BrClNO. The van der Waals surface area contributed by atoms with E-state index in [2.05, 4.69) is 22.9 Å². The summed E-state index contributed by atoms with van der Waals surface area (Å²) in [7, 11) is 0. The number of carbonyl (C=O) groups is 1. The van der Waals surface area contributed by atoms with Gasteiger partial charge in [0.05, 0.1) is 6.42 Å². The molecule has 2 rings (SSSR count). The van der Waals surface area contributed by atoms with E-state index in [-0.39, 0.29) is 5.91 Å². The molecule has 2 nitrogen and oxygen atoms in total. The minimum atomic E-state index is 0.220. The topological polar surface area (TPSA) is 20.3 Å². The van der Waals surface area contributed by atoms with Crippen LogP contribution in [-0.4, -0.2) is 28.2 Å². The second-order valence-corrected chi connectivity index (χ2v) is 7.21. The van der Waals surface area contributed by atoms with E-state index in [4.69, 9.17) is 11.6 Å². The van der Waals surface area contributed by atoms with Crippen LogP contribution in [0, 0.1) is 0 Å². The molecule has 0 aliphatic carbocycles. The number of alkyl halides is 1. The summed E-state index contributed by atoms with van der Waals surface area (Å²) in [4.78, 5) is 14.9. The molecule has 1 fully saturated rings. The maximum absolute atomic E-state index is 12.4. The Bertz CT molecular complexity index is 450. The Morgan fingerprint density at radius 2 is 2.37 bits per heavy atom. The van der Waals surface area contributed by atoms with Crippen molar-refractivity contribution in [2.75, 3.05) is 6.54 Å². The van der Waals surface area contributed by atoms with Crippen molar-refractivity contribution < 1.29 is 4.79 Å². The van der Waals surface area contributed by atoms with Crippen LogP contribution in [0.3, 0.4) is 0 Å². The van der Waals surface area contributed by atoms with E-state index in [1.165, 1.54) is 0 Å². The van der Waals surface area contributed by atoms with E-state index in [0.717, 1.165) is 31.4 Å². The van der Waals surface area contributed by atoms with Gasteiger partial charge >= 0.3 is 0 Å². The Kier molecular flexibility index (Phi) is 5.28. The number of rotatable bonds is 4. The molecule has 2 unspecified atom stereocenters. The fourth-order valence-electron chi connectivity index (χ4n) is 2.71.